The molecule has 7 rings (SSSR count). The fourth-order valence-electron chi connectivity index (χ4n) is 6.47. The quantitative estimate of drug-likeness (QED) is 0.0773. The van der Waals surface area contributed by atoms with Crippen molar-refractivity contribution in [2.45, 2.75) is 25.6 Å². The van der Waals surface area contributed by atoms with Crippen LogP contribution < -0.4 is 26.8 Å². The summed E-state index contributed by atoms with van der Waals surface area (Å²) in [6.45, 7) is 3.49. The molecule has 1 aliphatic heterocycles. The Morgan fingerprint density at radius 1 is 0.966 bits per heavy atom. The number of imidazole rings is 1. The van der Waals surface area contributed by atoms with Gasteiger partial charge < -0.3 is 40.9 Å². The standard InChI is InChI=1S/C40H41FN14O4/c1-59-18-13-45-35(56)32(20-25-5-7-26(22-42)8-6-25)50-40-52-38(46-23-33-48-30-10-9-28(41)21-31(30)49-33)51-39(53-40)47-29-4-2-3-27(19-29)24-54-14-16-55(17-15-54)37(58)34-36(57)44-12-11-43-34/h2-12,19,21,32H,13-18,20,23-24H2,1H3,(H,44,57)(H,45,56)(H,48,49)(H3,46,47,50,51,52,53). The van der Waals surface area contributed by atoms with Crippen molar-refractivity contribution in [1.29, 1.82) is 5.26 Å². The van der Waals surface area contributed by atoms with E-state index < -0.39 is 17.5 Å². The lowest BCUT2D eigenvalue weighted by atomic mass is 10.0. The predicted octanol–water partition coefficient (Wildman–Crippen LogP) is 2.94. The highest BCUT2D eigenvalue weighted by Crippen LogP contribution is 2.21. The van der Waals surface area contributed by atoms with Gasteiger partial charge >= 0.3 is 0 Å². The van der Waals surface area contributed by atoms with E-state index in [1.807, 2.05) is 24.3 Å². The van der Waals surface area contributed by atoms with E-state index in [4.69, 9.17) is 4.74 Å². The number of carbonyl (C=O) groups excluding carboxylic acids is 2. The van der Waals surface area contributed by atoms with Gasteiger partial charge in [-0.25, -0.2) is 14.4 Å². The second-order valence-electron chi connectivity index (χ2n) is 13.7. The molecule has 6 aromatic rings. The molecule has 0 radical (unpaired) electrons. The van der Waals surface area contributed by atoms with Crippen molar-refractivity contribution in [2.75, 3.05) is 62.4 Å². The number of nitriles is 1. The van der Waals surface area contributed by atoms with Gasteiger partial charge in [0.2, 0.25) is 23.8 Å². The van der Waals surface area contributed by atoms with Crippen LogP contribution in [0.3, 0.4) is 0 Å². The average molecular weight is 801 g/mol. The molecule has 4 heterocycles. The van der Waals surface area contributed by atoms with Gasteiger partial charge in [-0.1, -0.05) is 24.3 Å². The number of halogens is 1. The number of piperazine rings is 1. The number of nitrogens with one attached hydrogen (secondary N) is 6. The number of rotatable bonds is 16. The van der Waals surface area contributed by atoms with E-state index >= 15 is 0 Å². The highest BCUT2D eigenvalue weighted by molar-refractivity contribution is 5.92. The van der Waals surface area contributed by atoms with Crippen LogP contribution in [0.4, 0.5) is 27.9 Å². The lowest BCUT2D eigenvalue weighted by molar-refractivity contribution is -0.122. The first-order chi connectivity index (χ1) is 28.7. The first-order valence-electron chi connectivity index (χ1n) is 18.8. The number of benzene rings is 3. The van der Waals surface area contributed by atoms with Gasteiger partial charge in [0.15, 0.2) is 5.69 Å². The maximum Gasteiger partial charge on any atom is 0.279 e. The number of hydrogen-bond donors (Lipinski definition) is 6. The number of aromatic amines is 2. The maximum absolute atomic E-state index is 13.9. The summed E-state index contributed by atoms with van der Waals surface area (Å²) in [7, 11) is 1.55. The summed E-state index contributed by atoms with van der Waals surface area (Å²) >= 11 is 0. The third-order valence-electron chi connectivity index (χ3n) is 9.45. The molecule has 1 saturated heterocycles. The first-order valence-corrected chi connectivity index (χ1v) is 18.8. The van der Waals surface area contributed by atoms with Gasteiger partial charge in [-0.2, -0.15) is 20.2 Å². The number of H-pyrrole nitrogens is 2. The number of carbonyl (C=O) groups is 2. The Bertz CT molecular complexity index is 2510. The van der Waals surface area contributed by atoms with Crippen molar-refractivity contribution in [3.05, 3.63) is 124 Å². The number of nitrogens with zero attached hydrogens (tertiary/aromatic N) is 8. The minimum Gasteiger partial charge on any atom is -0.383 e. The molecule has 1 aliphatic rings. The molecule has 59 heavy (non-hydrogen) atoms. The van der Waals surface area contributed by atoms with Crippen LogP contribution in [0, 0.1) is 17.1 Å². The summed E-state index contributed by atoms with van der Waals surface area (Å²) in [6, 6.07) is 20.3. The Morgan fingerprint density at radius 2 is 1.76 bits per heavy atom. The average Bonchev–Trinajstić information content (AvgIpc) is 3.65. The summed E-state index contributed by atoms with van der Waals surface area (Å²) < 4.78 is 19.0. The molecule has 302 valence electrons. The van der Waals surface area contributed by atoms with Crippen molar-refractivity contribution in [3.8, 4) is 6.07 Å². The highest BCUT2D eigenvalue weighted by atomic mass is 19.1. The number of ether oxygens (including phenoxy) is 1. The molecule has 0 saturated carbocycles. The third-order valence-corrected chi connectivity index (χ3v) is 9.45. The monoisotopic (exact) mass is 800 g/mol. The van der Waals surface area contributed by atoms with Crippen LogP contribution in [0.1, 0.15) is 33.0 Å². The van der Waals surface area contributed by atoms with Crippen molar-refractivity contribution < 1.29 is 18.7 Å². The Balaban J connectivity index is 1.09. The number of hydrogen-bond acceptors (Lipinski definition) is 14. The largest absolute Gasteiger partial charge is 0.383 e. The van der Waals surface area contributed by atoms with E-state index in [0.29, 0.717) is 67.4 Å². The van der Waals surface area contributed by atoms with Crippen molar-refractivity contribution >= 4 is 46.4 Å². The summed E-state index contributed by atoms with van der Waals surface area (Å²) in [4.78, 5) is 70.3. The van der Waals surface area contributed by atoms with Gasteiger partial charge in [0, 0.05) is 70.9 Å². The molecule has 3 aromatic heterocycles. The Morgan fingerprint density at radius 3 is 2.54 bits per heavy atom. The second-order valence-corrected chi connectivity index (χ2v) is 13.7. The molecule has 1 fully saturated rings. The van der Waals surface area contributed by atoms with Crippen molar-refractivity contribution in [2.24, 2.45) is 0 Å². The fourth-order valence-corrected chi connectivity index (χ4v) is 6.47. The molecule has 1 unspecified atom stereocenters. The zero-order valence-electron chi connectivity index (χ0n) is 32.0. The van der Waals surface area contributed by atoms with Gasteiger partial charge in [-0.3, -0.25) is 19.3 Å². The normalized spacial score (nSPS) is 13.4. The zero-order chi connectivity index (χ0) is 41.1. The number of methoxy groups -OCH3 is 1. The molecule has 2 amide bonds. The van der Waals surface area contributed by atoms with Crippen molar-refractivity contribution in [1.82, 2.24) is 50.0 Å². The molecule has 0 spiro atoms. The van der Waals surface area contributed by atoms with Gasteiger partial charge in [-0.15, -0.1) is 0 Å². The van der Waals surface area contributed by atoms with E-state index in [0.717, 1.165) is 11.1 Å². The number of fused-ring (bicyclic) bond motifs is 1. The molecule has 1 atom stereocenters. The summed E-state index contributed by atoms with van der Waals surface area (Å²) in [5.41, 5.74) is 3.52. The molecule has 19 heteroatoms. The van der Waals surface area contributed by atoms with Gasteiger partial charge in [0.1, 0.15) is 17.7 Å². The molecule has 0 aliphatic carbocycles. The molecule has 0 bridgehead atoms. The van der Waals surface area contributed by atoms with E-state index in [9.17, 15) is 24.0 Å². The summed E-state index contributed by atoms with van der Waals surface area (Å²) in [5.74, 6) is -0.105. The van der Waals surface area contributed by atoms with Crippen molar-refractivity contribution in [3.63, 3.8) is 0 Å². The molecule has 6 N–H and O–H groups in total. The van der Waals surface area contributed by atoms with Gasteiger partial charge in [0.05, 0.1) is 35.8 Å². The van der Waals surface area contributed by atoms with Gasteiger partial charge in [-0.05, 0) is 53.6 Å². The van der Waals surface area contributed by atoms with Crippen LogP contribution in [0.2, 0.25) is 0 Å². The molecule has 3 aromatic carbocycles. The number of anilines is 4. The highest BCUT2D eigenvalue weighted by Gasteiger charge is 2.25. The number of amides is 2. The molecular formula is C40H41FN14O4. The SMILES string of the molecule is COCCNC(=O)C(Cc1ccc(C#N)cc1)Nc1nc(NCc2nc3ccc(F)cc3[nH]2)nc(Nc2cccc(CN3CCN(C(=O)c4ncc[nH]c4=O)CC3)c2)n1. The minimum atomic E-state index is -0.822. The smallest absolute Gasteiger partial charge is 0.279 e. The van der Waals surface area contributed by atoms with Crippen LogP contribution in [-0.2, 0) is 29.0 Å². The molecular weight excluding hydrogens is 760 g/mol. The maximum atomic E-state index is 13.9. The Hall–Kier alpha value is -7.30. The van der Waals surface area contributed by atoms with Crippen LogP contribution in [-0.4, -0.2) is 109 Å². The second kappa shape index (κ2) is 18.8. The minimum absolute atomic E-state index is 0.105. The van der Waals surface area contributed by atoms with Crippen LogP contribution in [0.5, 0.6) is 0 Å². The van der Waals surface area contributed by atoms with Crippen LogP contribution >= 0.6 is 0 Å². The fraction of sp³-hybridized carbons (Fsp3) is 0.275. The lowest BCUT2D eigenvalue weighted by Gasteiger charge is -2.34. The van der Waals surface area contributed by atoms with E-state index in [1.54, 1.807) is 42.3 Å². The molecule has 18 nitrogen and oxygen atoms in total. The lowest BCUT2D eigenvalue weighted by Crippen LogP contribution is -2.49. The summed E-state index contributed by atoms with van der Waals surface area (Å²) in [6.07, 6.45) is 3.04. The van der Waals surface area contributed by atoms with E-state index in [2.05, 4.69) is 67.1 Å². The predicted molar refractivity (Wildman–Crippen MR) is 216 cm³/mol. The number of aromatic nitrogens is 7. The topological polar surface area (TPSA) is 235 Å². The van der Waals surface area contributed by atoms with Gasteiger partial charge in [0.25, 0.3) is 11.5 Å². The Kier molecular flexibility index (Phi) is 12.7. The first kappa shape index (κ1) is 39.9. The Labute approximate surface area is 337 Å². The van der Waals surface area contributed by atoms with Crippen LogP contribution in [0.15, 0.2) is 83.9 Å². The summed E-state index contributed by atoms with van der Waals surface area (Å²) in [5, 5.41) is 21.8. The zero-order valence-corrected chi connectivity index (χ0v) is 32.0. The third kappa shape index (κ3) is 10.6. The van der Waals surface area contributed by atoms with Crippen LogP contribution in [0.25, 0.3) is 11.0 Å². The van der Waals surface area contributed by atoms with E-state index in [1.165, 1.54) is 24.5 Å². The van der Waals surface area contributed by atoms with E-state index in [-0.39, 0.29) is 54.8 Å².